The third kappa shape index (κ3) is 3.27. The van der Waals surface area contributed by atoms with Gasteiger partial charge in [-0.15, -0.1) is 0 Å². The average molecular weight is 325 g/mol. The van der Waals surface area contributed by atoms with Gasteiger partial charge in [-0.1, -0.05) is 18.2 Å². The number of hydrogen-bond donors (Lipinski definition) is 1. The third-order valence-corrected chi connectivity index (χ3v) is 4.40. The van der Waals surface area contributed by atoms with E-state index in [1.807, 2.05) is 4.90 Å². The van der Waals surface area contributed by atoms with Gasteiger partial charge in [0.05, 0.1) is 17.0 Å². The van der Waals surface area contributed by atoms with E-state index in [1.165, 1.54) is 0 Å². The van der Waals surface area contributed by atoms with Crippen LogP contribution in [0, 0.1) is 5.92 Å². The molecule has 1 fully saturated rings. The van der Waals surface area contributed by atoms with E-state index in [-0.39, 0.29) is 11.5 Å². The van der Waals surface area contributed by atoms with Crippen LogP contribution < -0.4 is 0 Å². The molecule has 1 N–H and O–H groups in total. The maximum Gasteiger partial charge on any atom is 0.336 e. The highest BCUT2D eigenvalue weighted by Gasteiger charge is 2.26. The number of aromatic nitrogens is 2. The van der Waals surface area contributed by atoms with Crippen LogP contribution in [0.4, 0.5) is 0 Å². The summed E-state index contributed by atoms with van der Waals surface area (Å²) in [6, 6.07) is 6.83. The SMILES string of the molecule is CC(=O)N1CCC(Cc2nccnc2-c2ccccc2C(=O)O)C1. The fraction of sp³-hybridized carbons (Fsp3) is 0.333. The first-order chi connectivity index (χ1) is 11.6. The van der Waals surface area contributed by atoms with Crippen molar-refractivity contribution in [1.29, 1.82) is 0 Å². The smallest absolute Gasteiger partial charge is 0.336 e. The van der Waals surface area contributed by atoms with Gasteiger partial charge < -0.3 is 10.0 Å². The molecule has 1 amide bonds. The van der Waals surface area contributed by atoms with Crippen LogP contribution in [0.3, 0.4) is 0 Å². The summed E-state index contributed by atoms with van der Waals surface area (Å²) in [7, 11) is 0. The van der Waals surface area contributed by atoms with Crippen molar-refractivity contribution in [2.75, 3.05) is 13.1 Å². The van der Waals surface area contributed by atoms with Gasteiger partial charge in [0.25, 0.3) is 0 Å². The normalized spacial score (nSPS) is 17.0. The molecule has 2 aromatic rings. The summed E-state index contributed by atoms with van der Waals surface area (Å²) in [4.78, 5) is 33.6. The van der Waals surface area contributed by atoms with Crippen molar-refractivity contribution >= 4 is 11.9 Å². The quantitative estimate of drug-likeness (QED) is 0.932. The maximum atomic E-state index is 11.5. The zero-order valence-electron chi connectivity index (χ0n) is 13.5. The van der Waals surface area contributed by atoms with E-state index in [9.17, 15) is 14.7 Å². The molecule has 6 nitrogen and oxygen atoms in total. The van der Waals surface area contributed by atoms with Crippen LogP contribution in [0.1, 0.15) is 29.4 Å². The number of likely N-dealkylation sites (tertiary alicyclic amines) is 1. The Morgan fingerprint density at radius 3 is 2.71 bits per heavy atom. The molecule has 1 aliphatic rings. The van der Waals surface area contributed by atoms with Gasteiger partial charge in [-0.05, 0) is 24.8 Å². The van der Waals surface area contributed by atoms with Crippen LogP contribution in [-0.4, -0.2) is 44.9 Å². The lowest BCUT2D eigenvalue weighted by molar-refractivity contribution is -0.127. The summed E-state index contributed by atoms with van der Waals surface area (Å²) >= 11 is 0. The first kappa shape index (κ1) is 16.1. The van der Waals surface area contributed by atoms with Crippen molar-refractivity contribution in [3.8, 4) is 11.3 Å². The number of aromatic carboxylic acids is 1. The Bertz CT molecular complexity index is 776. The van der Waals surface area contributed by atoms with Gasteiger partial charge in [0.2, 0.25) is 5.91 Å². The molecule has 1 saturated heterocycles. The van der Waals surface area contributed by atoms with Gasteiger partial charge in [-0.2, -0.15) is 0 Å². The van der Waals surface area contributed by atoms with E-state index in [0.29, 0.717) is 30.1 Å². The van der Waals surface area contributed by atoms with Crippen molar-refractivity contribution in [1.82, 2.24) is 14.9 Å². The first-order valence-corrected chi connectivity index (χ1v) is 7.94. The van der Waals surface area contributed by atoms with Crippen molar-refractivity contribution in [3.63, 3.8) is 0 Å². The van der Waals surface area contributed by atoms with Crippen LogP contribution in [-0.2, 0) is 11.2 Å². The minimum Gasteiger partial charge on any atom is -0.478 e. The molecule has 24 heavy (non-hydrogen) atoms. The Hall–Kier alpha value is -2.76. The van der Waals surface area contributed by atoms with Gasteiger partial charge in [0, 0.05) is 38.0 Å². The zero-order chi connectivity index (χ0) is 17.1. The molecule has 1 unspecified atom stereocenters. The molecule has 124 valence electrons. The average Bonchev–Trinajstić information content (AvgIpc) is 3.04. The first-order valence-electron chi connectivity index (χ1n) is 7.94. The highest BCUT2D eigenvalue weighted by molar-refractivity contribution is 5.95. The van der Waals surface area contributed by atoms with Gasteiger partial charge in [-0.3, -0.25) is 14.8 Å². The molecule has 2 heterocycles. The zero-order valence-corrected chi connectivity index (χ0v) is 13.5. The van der Waals surface area contributed by atoms with Crippen LogP contribution in [0.5, 0.6) is 0 Å². The summed E-state index contributed by atoms with van der Waals surface area (Å²) in [5.74, 6) is -0.569. The summed E-state index contributed by atoms with van der Waals surface area (Å²) in [5.41, 5.74) is 2.18. The maximum absolute atomic E-state index is 11.5. The molecule has 0 aliphatic carbocycles. The van der Waals surface area contributed by atoms with E-state index in [1.54, 1.807) is 43.6 Å². The number of carboxylic acids is 1. The molecular formula is C18H19N3O3. The lowest BCUT2D eigenvalue weighted by Crippen LogP contribution is -2.26. The van der Waals surface area contributed by atoms with E-state index < -0.39 is 5.97 Å². The van der Waals surface area contributed by atoms with Crippen molar-refractivity contribution < 1.29 is 14.7 Å². The number of carbonyl (C=O) groups is 2. The Kier molecular flexibility index (Phi) is 4.55. The molecule has 1 aromatic heterocycles. The fourth-order valence-corrected chi connectivity index (χ4v) is 3.18. The minimum atomic E-state index is -0.981. The lowest BCUT2D eigenvalue weighted by Gasteiger charge is -2.15. The number of nitrogens with zero attached hydrogens (tertiary/aromatic N) is 3. The highest BCUT2D eigenvalue weighted by atomic mass is 16.4. The number of hydrogen-bond acceptors (Lipinski definition) is 4. The summed E-state index contributed by atoms with van der Waals surface area (Å²) in [5, 5.41) is 9.41. The van der Waals surface area contributed by atoms with E-state index in [4.69, 9.17) is 0 Å². The summed E-state index contributed by atoms with van der Waals surface area (Å²) < 4.78 is 0. The molecule has 0 bridgehead atoms. The molecular weight excluding hydrogens is 306 g/mol. The standard InChI is InChI=1S/C18H19N3O3/c1-12(22)21-9-6-13(11-21)10-16-17(20-8-7-19-16)14-4-2-3-5-15(14)18(23)24/h2-5,7-8,13H,6,9-11H2,1H3,(H,23,24). The molecule has 1 atom stereocenters. The third-order valence-electron chi connectivity index (χ3n) is 4.40. The molecule has 0 saturated carbocycles. The van der Waals surface area contributed by atoms with Gasteiger partial charge in [0.15, 0.2) is 0 Å². The molecule has 6 heteroatoms. The number of amides is 1. The fourth-order valence-electron chi connectivity index (χ4n) is 3.18. The van der Waals surface area contributed by atoms with E-state index in [0.717, 1.165) is 18.7 Å². The monoisotopic (exact) mass is 325 g/mol. The van der Waals surface area contributed by atoms with Crippen molar-refractivity contribution in [2.45, 2.75) is 19.8 Å². The van der Waals surface area contributed by atoms with Gasteiger partial charge in [0.1, 0.15) is 0 Å². The molecule has 0 radical (unpaired) electrons. The van der Waals surface area contributed by atoms with Gasteiger partial charge in [-0.25, -0.2) is 4.79 Å². The number of carboxylic acid groups (broad SMARTS) is 1. The van der Waals surface area contributed by atoms with Crippen molar-refractivity contribution in [2.24, 2.45) is 5.92 Å². The van der Waals surface area contributed by atoms with Crippen LogP contribution in [0.2, 0.25) is 0 Å². The molecule has 1 aromatic carbocycles. The number of benzene rings is 1. The van der Waals surface area contributed by atoms with Gasteiger partial charge >= 0.3 is 5.97 Å². The predicted octanol–water partition coefficient (Wildman–Crippen LogP) is 2.25. The second kappa shape index (κ2) is 6.78. The predicted molar refractivity (Wildman–Crippen MR) is 88.5 cm³/mol. The molecule has 1 aliphatic heterocycles. The number of rotatable bonds is 4. The van der Waals surface area contributed by atoms with Crippen LogP contribution >= 0.6 is 0 Å². The summed E-state index contributed by atoms with van der Waals surface area (Å²) in [6.45, 7) is 3.06. The summed E-state index contributed by atoms with van der Waals surface area (Å²) in [6.07, 6.45) is 4.81. The molecule has 0 spiro atoms. The Labute approximate surface area is 140 Å². The Morgan fingerprint density at radius 2 is 2.00 bits per heavy atom. The minimum absolute atomic E-state index is 0.0908. The second-order valence-electron chi connectivity index (χ2n) is 6.03. The lowest BCUT2D eigenvalue weighted by atomic mass is 9.96. The highest BCUT2D eigenvalue weighted by Crippen LogP contribution is 2.28. The Morgan fingerprint density at radius 1 is 1.25 bits per heavy atom. The van der Waals surface area contributed by atoms with Crippen LogP contribution in [0.25, 0.3) is 11.3 Å². The largest absolute Gasteiger partial charge is 0.478 e. The molecule has 3 rings (SSSR count). The second-order valence-corrected chi connectivity index (χ2v) is 6.03. The van der Waals surface area contributed by atoms with E-state index in [2.05, 4.69) is 9.97 Å². The van der Waals surface area contributed by atoms with Crippen molar-refractivity contribution in [3.05, 3.63) is 47.9 Å². The Balaban J connectivity index is 1.90. The topological polar surface area (TPSA) is 83.4 Å². The van der Waals surface area contributed by atoms with Crippen LogP contribution in [0.15, 0.2) is 36.7 Å². The number of carbonyl (C=O) groups excluding carboxylic acids is 1. The van der Waals surface area contributed by atoms with E-state index >= 15 is 0 Å².